The standard InChI is InChI=1S/C19H21N3O3/c1-21-13-14(12-20-21)4-7-19(23)22-8-2-3-16(22)15-5-6-17-18(11-15)25-10-9-24-17/h4-7,11-13,16H,2-3,8-10H2,1H3/b7-4+/t16-/m0/s1. The predicted molar refractivity (Wildman–Crippen MR) is 93.4 cm³/mol. The summed E-state index contributed by atoms with van der Waals surface area (Å²) in [6, 6.07) is 6.07. The highest BCUT2D eigenvalue weighted by atomic mass is 16.6. The molecule has 0 spiro atoms. The number of carbonyl (C=O) groups excluding carboxylic acids is 1. The fraction of sp³-hybridized carbons (Fsp3) is 0.368. The molecule has 2 aromatic rings. The second kappa shape index (κ2) is 6.63. The van der Waals surface area contributed by atoms with Crippen molar-refractivity contribution in [2.75, 3.05) is 19.8 Å². The minimum absolute atomic E-state index is 0.0289. The predicted octanol–water partition coefficient (Wildman–Crippen LogP) is 2.57. The van der Waals surface area contributed by atoms with Crippen LogP contribution in [-0.2, 0) is 11.8 Å². The molecule has 1 aromatic heterocycles. The lowest BCUT2D eigenvalue weighted by Gasteiger charge is -2.26. The van der Waals surface area contributed by atoms with Gasteiger partial charge in [0.2, 0.25) is 5.91 Å². The highest BCUT2D eigenvalue weighted by Gasteiger charge is 2.29. The number of hydrogen-bond donors (Lipinski definition) is 0. The molecule has 0 unspecified atom stereocenters. The van der Waals surface area contributed by atoms with Gasteiger partial charge in [-0.3, -0.25) is 9.48 Å². The van der Waals surface area contributed by atoms with Crippen LogP contribution in [0, 0.1) is 0 Å². The van der Waals surface area contributed by atoms with Crippen LogP contribution in [0.3, 0.4) is 0 Å². The Morgan fingerprint density at radius 2 is 2.12 bits per heavy atom. The van der Waals surface area contributed by atoms with Gasteiger partial charge in [0.1, 0.15) is 13.2 Å². The highest BCUT2D eigenvalue weighted by molar-refractivity contribution is 5.92. The summed E-state index contributed by atoms with van der Waals surface area (Å²) < 4.78 is 13.0. The Labute approximate surface area is 146 Å². The third kappa shape index (κ3) is 3.24. The second-order valence-electron chi connectivity index (χ2n) is 6.37. The monoisotopic (exact) mass is 339 g/mol. The first-order chi connectivity index (χ1) is 12.2. The molecule has 6 heteroatoms. The second-order valence-corrected chi connectivity index (χ2v) is 6.37. The van der Waals surface area contributed by atoms with E-state index in [1.165, 1.54) is 0 Å². The van der Waals surface area contributed by atoms with Crippen molar-refractivity contribution in [2.24, 2.45) is 7.05 Å². The van der Waals surface area contributed by atoms with Crippen LogP contribution in [0.25, 0.3) is 6.08 Å². The Balaban J connectivity index is 1.52. The van der Waals surface area contributed by atoms with Crippen molar-refractivity contribution in [3.63, 3.8) is 0 Å². The van der Waals surface area contributed by atoms with Crippen molar-refractivity contribution in [1.29, 1.82) is 0 Å². The number of aryl methyl sites for hydroxylation is 1. The van der Waals surface area contributed by atoms with Crippen LogP contribution in [-0.4, -0.2) is 40.3 Å². The van der Waals surface area contributed by atoms with E-state index in [1.54, 1.807) is 17.0 Å². The smallest absolute Gasteiger partial charge is 0.247 e. The maximum atomic E-state index is 12.7. The Hall–Kier alpha value is -2.76. The molecular weight excluding hydrogens is 318 g/mol. The van der Waals surface area contributed by atoms with Gasteiger partial charge in [-0.2, -0.15) is 5.10 Å². The van der Waals surface area contributed by atoms with E-state index in [0.29, 0.717) is 13.2 Å². The van der Waals surface area contributed by atoms with Crippen LogP contribution >= 0.6 is 0 Å². The molecule has 4 rings (SSSR count). The maximum Gasteiger partial charge on any atom is 0.247 e. The topological polar surface area (TPSA) is 56.6 Å². The minimum Gasteiger partial charge on any atom is -0.486 e. The van der Waals surface area contributed by atoms with E-state index in [0.717, 1.165) is 42.0 Å². The molecule has 3 heterocycles. The van der Waals surface area contributed by atoms with Gasteiger partial charge in [-0.25, -0.2) is 0 Å². The molecular formula is C19H21N3O3. The summed E-state index contributed by atoms with van der Waals surface area (Å²) in [5.41, 5.74) is 2.02. The first kappa shape index (κ1) is 15.7. The Morgan fingerprint density at radius 3 is 2.92 bits per heavy atom. The van der Waals surface area contributed by atoms with E-state index < -0.39 is 0 Å². The van der Waals surface area contributed by atoms with Crippen molar-refractivity contribution in [2.45, 2.75) is 18.9 Å². The SMILES string of the molecule is Cn1cc(/C=C/C(=O)N2CCC[C@H]2c2ccc3c(c2)OCCO3)cn1. The molecule has 0 bridgehead atoms. The normalized spacial score (nSPS) is 19.6. The van der Waals surface area contributed by atoms with Gasteiger partial charge in [0.05, 0.1) is 12.2 Å². The minimum atomic E-state index is 0.0289. The van der Waals surface area contributed by atoms with Crippen molar-refractivity contribution in [1.82, 2.24) is 14.7 Å². The molecule has 1 fully saturated rings. The number of benzene rings is 1. The van der Waals surface area contributed by atoms with Crippen molar-refractivity contribution < 1.29 is 14.3 Å². The molecule has 130 valence electrons. The van der Waals surface area contributed by atoms with E-state index in [9.17, 15) is 4.79 Å². The Bertz CT molecular complexity index is 812. The van der Waals surface area contributed by atoms with Crippen molar-refractivity contribution >= 4 is 12.0 Å². The first-order valence-corrected chi connectivity index (χ1v) is 8.57. The largest absolute Gasteiger partial charge is 0.486 e. The summed E-state index contributed by atoms with van der Waals surface area (Å²) in [5.74, 6) is 1.58. The fourth-order valence-electron chi connectivity index (χ4n) is 3.43. The third-order valence-corrected chi connectivity index (χ3v) is 4.63. The highest BCUT2D eigenvalue weighted by Crippen LogP contribution is 2.38. The van der Waals surface area contributed by atoms with Crippen molar-refractivity contribution in [3.8, 4) is 11.5 Å². The van der Waals surface area contributed by atoms with Gasteiger partial charge in [0, 0.05) is 31.4 Å². The molecule has 1 amide bonds. The number of likely N-dealkylation sites (tertiary alicyclic amines) is 1. The molecule has 1 saturated heterocycles. The lowest BCUT2D eigenvalue weighted by Crippen LogP contribution is -2.29. The number of nitrogens with zero attached hydrogens (tertiary/aromatic N) is 3. The number of carbonyl (C=O) groups is 1. The number of hydrogen-bond acceptors (Lipinski definition) is 4. The summed E-state index contributed by atoms with van der Waals surface area (Å²) in [7, 11) is 1.86. The number of amides is 1. The van der Waals surface area contributed by atoms with E-state index in [-0.39, 0.29) is 11.9 Å². The molecule has 0 aliphatic carbocycles. The van der Waals surface area contributed by atoms with Crippen molar-refractivity contribution in [3.05, 3.63) is 47.8 Å². The summed E-state index contributed by atoms with van der Waals surface area (Å²) in [6.07, 6.45) is 9.04. The third-order valence-electron chi connectivity index (χ3n) is 4.63. The zero-order valence-corrected chi connectivity index (χ0v) is 14.2. The lowest BCUT2D eigenvalue weighted by atomic mass is 10.0. The average molecular weight is 339 g/mol. The van der Waals surface area contributed by atoms with Gasteiger partial charge in [-0.05, 0) is 36.6 Å². The Kier molecular flexibility index (Phi) is 4.17. The number of aromatic nitrogens is 2. The van der Waals surface area contributed by atoms with E-state index in [2.05, 4.69) is 5.10 Å². The van der Waals surface area contributed by atoms with Crippen LogP contribution in [0.15, 0.2) is 36.7 Å². The molecule has 0 N–H and O–H groups in total. The lowest BCUT2D eigenvalue weighted by molar-refractivity contribution is -0.126. The summed E-state index contributed by atoms with van der Waals surface area (Å²) in [5, 5.41) is 4.11. The molecule has 2 aliphatic heterocycles. The maximum absolute atomic E-state index is 12.7. The van der Waals surface area contributed by atoms with Crippen LogP contribution in [0.4, 0.5) is 0 Å². The summed E-state index contributed by atoms with van der Waals surface area (Å²) in [6.45, 7) is 1.92. The van der Waals surface area contributed by atoms with Gasteiger partial charge < -0.3 is 14.4 Å². The summed E-state index contributed by atoms with van der Waals surface area (Å²) >= 11 is 0. The van der Waals surface area contributed by atoms with E-state index in [4.69, 9.17) is 9.47 Å². The van der Waals surface area contributed by atoms with Crippen LogP contribution < -0.4 is 9.47 Å². The first-order valence-electron chi connectivity index (χ1n) is 8.57. The van der Waals surface area contributed by atoms with Gasteiger partial charge in [-0.1, -0.05) is 6.07 Å². The number of fused-ring (bicyclic) bond motifs is 1. The van der Waals surface area contributed by atoms with E-state index >= 15 is 0 Å². The number of rotatable bonds is 3. The van der Waals surface area contributed by atoms with Gasteiger partial charge in [0.25, 0.3) is 0 Å². The molecule has 25 heavy (non-hydrogen) atoms. The quantitative estimate of drug-likeness (QED) is 0.807. The van der Waals surface area contributed by atoms with Crippen LogP contribution in [0.1, 0.15) is 30.0 Å². The zero-order chi connectivity index (χ0) is 17.2. The van der Waals surface area contributed by atoms with Gasteiger partial charge >= 0.3 is 0 Å². The zero-order valence-electron chi connectivity index (χ0n) is 14.2. The molecule has 6 nitrogen and oxygen atoms in total. The van der Waals surface area contributed by atoms with Gasteiger partial charge in [-0.15, -0.1) is 0 Å². The molecule has 1 aromatic carbocycles. The van der Waals surface area contributed by atoms with Crippen LogP contribution in [0.2, 0.25) is 0 Å². The fourth-order valence-corrected chi connectivity index (χ4v) is 3.43. The molecule has 0 radical (unpaired) electrons. The van der Waals surface area contributed by atoms with E-state index in [1.807, 2.05) is 42.4 Å². The summed E-state index contributed by atoms with van der Waals surface area (Å²) in [4.78, 5) is 14.6. The molecule has 0 saturated carbocycles. The van der Waals surface area contributed by atoms with Gasteiger partial charge in [0.15, 0.2) is 11.5 Å². The molecule has 1 atom stereocenters. The molecule has 2 aliphatic rings. The Morgan fingerprint density at radius 1 is 1.28 bits per heavy atom. The average Bonchev–Trinajstić information content (AvgIpc) is 3.28. The van der Waals surface area contributed by atoms with Crippen LogP contribution in [0.5, 0.6) is 11.5 Å². The number of ether oxygens (including phenoxy) is 2.